The molecule has 0 aromatic carbocycles. The average molecular weight is 310 g/mol. The van der Waals surface area contributed by atoms with Gasteiger partial charge < -0.3 is 20.7 Å². The molecule has 6 heteroatoms. The SMILES string of the molecule is CC(C)Oc1c(N)nsc1NC1CC2CCCC(C1)N2C. The second-order valence-electron chi connectivity index (χ2n) is 6.61. The summed E-state index contributed by atoms with van der Waals surface area (Å²) in [7, 11) is 2.28. The van der Waals surface area contributed by atoms with Gasteiger partial charge in [0.05, 0.1) is 6.10 Å². The van der Waals surface area contributed by atoms with Crippen LogP contribution in [0.15, 0.2) is 0 Å². The van der Waals surface area contributed by atoms with Crippen LogP contribution in [0.25, 0.3) is 0 Å². The maximum absolute atomic E-state index is 5.93. The predicted molar refractivity (Wildman–Crippen MR) is 88.1 cm³/mol. The van der Waals surface area contributed by atoms with Crippen LogP contribution in [-0.4, -0.2) is 40.6 Å². The van der Waals surface area contributed by atoms with Gasteiger partial charge in [-0.2, -0.15) is 4.37 Å². The van der Waals surface area contributed by atoms with Gasteiger partial charge in [0.15, 0.2) is 16.6 Å². The summed E-state index contributed by atoms with van der Waals surface area (Å²) in [6.45, 7) is 4.03. The van der Waals surface area contributed by atoms with Crippen molar-refractivity contribution in [2.75, 3.05) is 18.1 Å². The number of anilines is 2. The largest absolute Gasteiger partial charge is 0.484 e. The third-order valence-corrected chi connectivity index (χ3v) is 5.48. The number of nitrogens with zero attached hydrogens (tertiary/aromatic N) is 2. The highest BCUT2D eigenvalue weighted by Gasteiger charge is 2.36. The Hall–Kier alpha value is -1.01. The fourth-order valence-electron chi connectivity index (χ4n) is 3.65. The molecule has 2 bridgehead atoms. The molecule has 2 aliphatic heterocycles. The minimum atomic E-state index is 0.112. The Balaban J connectivity index is 1.70. The van der Waals surface area contributed by atoms with Crippen molar-refractivity contribution in [3.05, 3.63) is 0 Å². The summed E-state index contributed by atoms with van der Waals surface area (Å²) in [5, 5.41) is 4.64. The molecular formula is C15H26N4OS. The van der Waals surface area contributed by atoms with Gasteiger partial charge in [-0.1, -0.05) is 6.42 Å². The van der Waals surface area contributed by atoms with E-state index in [0.717, 1.165) is 22.8 Å². The van der Waals surface area contributed by atoms with E-state index in [1.807, 2.05) is 13.8 Å². The van der Waals surface area contributed by atoms with E-state index in [4.69, 9.17) is 10.5 Å². The first-order chi connectivity index (χ1) is 10.0. The van der Waals surface area contributed by atoms with Gasteiger partial charge in [-0.15, -0.1) is 0 Å². The molecule has 2 aliphatic rings. The molecule has 0 saturated carbocycles. The van der Waals surface area contributed by atoms with Gasteiger partial charge >= 0.3 is 0 Å². The molecule has 0 amide bonds. The van der Waals surface area contributed by atoms with Crippen LogP contribution in [0.5, 0.6) is 5.75 Å². The molecular weight excluding hydrogens is 284 g/mol. The van der Waals surface area contributed by atoms with Gasteiger partial charge in [-0.25, -0.2) is 0 Å². The fourth-order valence-corrected chi connectivity index (χ4v) is 4.38. The minimum absolute atomic E-state index is 0.112. The lowest BCUT2D eigenvalue weighted by Gasteiger charge is -2.47. The van der Waals surface area contributed by atoms with Crippen molar-refractivity contribution < 1.29 is 4.74 Å². The second kappa shape index (κ2) is 6.01. The minimum Gasteiger partial charge on any atom is -0.484 e. The van der Waals surface area contributed by atoms with Crippen molar-refractivity contribution in [3.8, 4) is 5.75 Å². The number of aromatic nitrogens is 1. The highest BCUT2D eigenvalue weighted by molar-refractivity contribution is 7.11. The third kappa shape index (κ3) is 3.11. The Morgan fingerprint density at radius 2 is 2.00 bits per heavy atom. The molecule has 21 heavy (non-hydrogen) atoms. The summed E-state index contributed by atoms with van der Waals surface area (Å²) in [4.78, 5) is 2.58. The van der Waals surface area contributed by atoms with Gasteiger partial charge in [0.25, 0.3) is 0 Å². The van der Waals surface area contributed by atoms with Crippen molar-refractivity contribution in [1.82, 2.24) is 9.27 Å². The summed E-state index contributed by atoms with van der Waals surface area (Å²) in [5.74, 6) is 1.24. The lowest BCUT2D eigenvalue weighted by molar-refractivity contribution is 0.0608. The Bertz CT molecular complexity index is 476. The predicted octanol–water partition coefficient (Wildman–Crippen LogP) is 2.94. The number of fused-ring (bicyclic) bond motifs is 2. The molecule has 1 aromatic rings. The fraction of sp³-hybridized carbons (Fsp3) is 0.800. The maximum Gasteiger partial charge on any atom is 0.197 e. The molecule has 2 saturated heterocycles. The van der Waals surface area contributed by atoms with Gasteiger partial charge in [0.1, 0.15) is 0 Å². The van der Waals surface area contributed by atoms with Crippen LogP contribution in [0.4, 0.5) is 10.8 Å². The molecule has 2 fully saturated rings. The van der Waals surface area contributed by atoms with Crippen molar-refractivity contribution in [2.24, 2.45) is 0 Å². The first-order valence-corrected chi connectivity index (χ1v) is 8.72. The summed E-state index contributed by atoms with van der Waals surface area (Å²) in [6.07, 6.45) is 6.54. The molecule has 0 radical (unpaired) electrons. The third-order valence-electron chi connectivity index (χ3n) is 4.70. The van der Waals surface area contributed by atoms with Crippen LogP contribution in [0.2, 0.25) is 0 Å². The molecule has 3 heterocycles. The number of rotatable bonds is 4. The average Bonchev–Trinajstić information content (AvgIpc) is 2.72. The van der Waals surface area contributed by atoms with Crippen molar-refractivity contribution >= 4 is 22.4 Å². The quantitative estimate of drug-likeness (QED) is 0.895. The molecule has 0 aliphatic carbocycles. The van der Waals surface area contributed by atoms with Crippen LogP contribution in [-0.2, 0) is 0 Å². The highest BCUT2D eigenvalue weighted by Crippen LogP contribution is 2.39. The molecule has 2 atom stereocenters. The molecule has 118 valence electrons. The second-order valence-corrected chi connectivity index (χ2v) is 7.38. The number of nitrogens with two attached hydrogens (primary N) is 1. The molecule has 1 aromatic heterocycles. The zero-order valence-electron chi connectivity index (χ0n) is 13.1. The van der Waals surface area contributed by atoms with Gasteiger partial charge in [0.2, 0.25) is 0 Å². The highest BCUT2D eigenvalue weighted by atomic mass is 32.1. The van der Waals surface area contributed by atoms with E-state index in [0.29, 0.717) is 11.9 Å². The lowest BCUT2D eigenvalue weighted by atomic mass is 9.82. The number of ether oxygens (including phenoxy) is 1. The van der Waals surface area contributed by atoms with E-state index < -0.39 is 0 Å². The van der Waals surface area contributed by atoms with Gasteiger partial charge in [0, 0.05) is 18.1 Å². The monoisotopic (exact) mass is 310 g/mol. The number of hydrogen-bond acceptors (Lipinski definition) is 6. The van der Waals surface area contributed by atoms with E-state index in [1.54, 1.807) is 0 Å². The number of nitrogens with one attached hydrogen (secondary N) is 1. The normalized spacial score (nSPS) is 29.6. The first-order valence-electron chi connectivity index (χ1n) is 7.95. The van der Waals surface area contributed by atoms with Crippen LogP contribution in [0, 0.1) is 0 Å². The van der Waals surface area contributed by atoms with E-state index in [2.05, 4.69) is 21.6 Å². The van der Waals surface area contributed by atoms with E-state index >= 15 is 0 Å². The van der Waals surface area contributed by atoms with E-state index in [9.17, 15) is 0 Å². The molecule has 5 nitrogen and oxygen atoms in total. The van der Waals surface area contributed by atoms with Crippen LogP contribution < -0.4 is 15.8 Å². The Labute approximate surface area is 131 Å². The molecule has 0 spiro atoms. The van der Waals surface area contributed by atoms with Gasteiger partial charge in [-0.3, -0.25) is 0 Å². The molecule has 3 rings (SSSR count). The number of hydrogen-bond donors (Lipinski definition) is 2. The lowest BCUT2D eigenvalue weighted by Crippen LogP contribution is -2.52. The first kappa shape index (κ1) is 14.9. The zero-order chi connectivity index (χ0) is 15.0. The van der Waals surface area contributed by atoms with Crippen molar-refractivity contribution in [1.29, 1.82) is 0 Å². The standard InChI is InChI=1S/C15H26N4OS/c1-9(2)20-13-14(16)18-21-15(13)17-10-7-11-5-4-6-12(8-10)19(11)3/h9-12,17H,4-8H2,1-3H3,(H2,16,18). The maximum atomic E-state index is 5.93. The van der Waals surface area contributed by atoms with E-state index in [1.165, 1.54) is 43.6 Å². The van der Waals surface area contributed by atoms with Crippen molar-refractivity contribution in [3.63, 3.8) is 0 Å². The van der Waals surface area contributed by atoms with Gasteiger partial charge in [-0.05, 0) is 58.1 Å². The van der Waals surface area contributed by atoms with Crippen molar-refractivity contribution in [2.45, 2.75) is 70.2 Å². The van der Waals surface area contributed by atoms with Crippen LogP contribution in [0.3, 0.4) is 0 Å². The number of piperidine rings is 2. The molecule has 2 unspecified atom stereocenters. The Morgan fingerprint density at radius 1 is 1.33 bits per heavy atom. The number of nitrogen functional groups attached to an aromatic ring is 1. The van der Waals surface area contributed by atoms with Crippen LogP contribution in [0.1, 0.15) is 46.0 Å². The smallest absolute Gasteiger partial charge is 0.197 e. The summed E-state index contributed by atoms with van der Waals surface area (Å²) in [6, 6.07) is 1.94. The van der Waals surface area contributed by atoms with Crippen LogP contribution >= 0.6 is 11.5 Å². The zero-order valence-corrected chi connectivity index (χ0v) is 13.9. The summed E-state index contributed by atoms with van der Waals surface area (Å²) < 4.78 is 10.1. The Morgan fingerprint density at radius 3 is 2.62 bits per heavy atom. The molecule has 3 N–H and O–H groups in total. The summed E-state index contributed by atoms with van der Waals surface area (Å²) >= 11 is 1.42. The van der Waals surface area contributed by atoms with E-state index in [-0.39, 0.29) is 6.10 Å². The topological polar surface area (TPSA) is 63.4 Å². The Kier molecular flexibility index (Phi) is 4.26. The summed E-state index contributed by atoms with van der Waals surface area (Å²) in [5.41, 5.74) is 5.93.